The number of carbonyl (C=O) groups is 1. The van der Waals surface area contributed by atoms with Gasteiger partial charge in [-0.15, -0.1) is 0 Å². The Morgan fingerprint density at radius 1 is 1.18 bits per heavy atom. The van der Waals surface area contributed by atoms with Crippen molar-refractivity contribution < 1.29 is 22.7 Å². The third kappa shape index (κ3) is 5.57. The van der Waals surface area contributed by atoms with Crippen molar-refractivity contribution in [2.45, 2.75) is 11.0 Å². The van der Waals surface area contributed by atoms with E-state index in [1.54, 1.807) is 12.1 Å². The average molecular weight is 570 g/mol. The number of nitrogens with one attached hydrogen (secondary N) is 1. The summed E-state index contributed by atoms with van der Waals surface area (Å²) in [5.41, 5.74) is 7.76. The van der Waals surface area contributed by atoms with Crippen molar-refractivity contribution in [1.82, 2.24) is 14.3 Å². The lowest BCUT2D eigenvalue weighted by atomic mass is 10.1. The molecule has 1 unspecified atom stereocenters. The molecule has 0 aliphatic carbocycles. The third-order valence-corrected chi connectivity index (χ3v) is 8.67. The van der Waals surface area contributed by atoms with Gasteiger partial charge in [-0.25, -0.2) is 13.4 Å². The number of H-pyrrole nitrogens is 1. The normalized spacial score (nSPS) is 16.3. The summed E-state index contributed by atoms with van der Waals surface area (Å²) in [4.78, 5) is 21.1. The molecule has 204 valence electrons. The molecular formula is C27H28ClN5O5S. The molecule has 0 saturated carbocycles. The predicted molar refractivity (Wildman–Crippen MR) is 150 cm³/mol. The summed E-state index contributed by atoms with van der Waals surface area (Å²) in [6.45, 7) is 0.499. The van der Waals surface area contributed by atoms with Gasteiger partial charge >= 0.3 is 0 Å². The van der Waals surface area contributed by atoms with Crippen molar-refractivity contribution in [1.29, 1.82) is 0 Å². The summed E-state index contributed by atoms with van der Waals surface area (Å²) in [7, 11) is -0.221. The van der Waals surface area contributed by atoms with Gasteiger partial charge in [-0.3, -0.25) is 4.79 Å². The number of amides is 1. The first kappa shape index (κ1) is 26.9. The number of hydrogen-bond acceptors (Lipinski definition) is 7. The molecule has 1 atom stereocenters. The quantitative estimate of drug-likeness (QED) is 0.332. The fraction of sp³-hybridized carbons (Fsp3) is 0.259. The van der Waals surface area contributed by atoms with Crippen molar-refractivity contribution in [3.05, 3.63) is 71.5 Å². The van der Waals surface area contributed by atoms with Gasteiger partial charge in [0.15, 0.2) is 0 Å². The van der Waals surface area contributed by atoms with E-state index in [9.17, 15) is 13.2 Å². The molecule has 0 bridgehead atoms. The maximum atomic E-state index is 13.7. The van der Waals surface area contributed by atoms with Crippen molar-refractivity contribution in [3.8, 4) is 16.9 Å². The molecule has 2 aromatic carbocycles. The van der Waals surface area contributed by atoms with Crippen molar-refractivity contribution in [2.75, 3.05) is 45.3 Å². The number of benzene rings is 2. The molecule has 5 rings (SSSR count). The van der Waals surface area contributed by atoms with Crippen LogP contribution in [0.1, 0.15) is 10.5 Å². The zero-order valence-electron chi connectivity index (χ0n) is 21.4. The maximum Gasteiger partial charge on any atom is 0.266 e. The van der Waals surface area contributed by atoms with Crippen LogP contribution in [0.5, 0.6) is 5.75 Å². The van der Waals surface area contributed by atoms with Crippen LogP contribution in [0, 0.1) is 0 Å². The molecule has 12 heteroatoms. The summed E-state index contributed by atoms with van der Waals surface area (Å²) in [6, 6.07) is 16.3. The highest BCUT2D eigenvalue weighted by molar-refractivity contribution is 7.89. The Morgan fingerprint density at radius 2 is 1.92 bits per heavy atom. The molecule has 39 heavy (non-hydrogen) atoms. The lowest BCUT2D eigenvalue weighted by Crippen LogP contribution is -2.47. The average Bonchev–Trinajstić information content (AvgIpc) is 3.32. The standard InChI is InChI=1S/C27H28ClN5O5S/c1-32(2)24-10-5-18(14-30-24)17-3-7-20(8-4-17)38-16-21-15-33(11-12-37-21)39(35,36)26-22-13-19(28)6-9-23(22)31-25(26)27(29)34/h3-10,13-14,21,31H,11-12,15-16H2,1-2H3,(H2,29,34). The second-order valence-electron chi connectivity index (χ2n) is 9.37. The van der Waals surface area contributed by atoms with E-state index in [0.29, 0.717) is 21.7 Å². The van der Waals surface area contributed by atoms with Gasteiger partial charge < -0.3 is 25.1 Å². The smallest absolute Gasteiger partial charge is 0.266 e. The molecule has 1 fully saturated rings. The molecule has 1 amide bonds. The number of anilines is 1. The van der Waals surface area contributed by atoms with Crippen molar-refractivity contribution in [3.63, 3.8) is 0 Å². The number of primary amides is 1. The lowest BCUT2D eigenvalue weighted by molar-refractivity contribution is -0.0249. The van der Waals surface area contributed by atoms with Crippen LogP contribution in [0.4, 0.5) is 5.82 Å². The van der Waals surface area contributed by atoms with Crippen LogP contribution in [0.25, 0.3) is 22.0 Å². The molecule has 2 aromatic heterocycles. The largest absolute Gasteiger partial charge is 0.491 e. The highest BCUT2D eigenvalue weighted by Gasteiger charge is 2.36. The number of hydrogen-bond donors (Lipinski definition) is 2. The minimum Gasteiger partial charge on any atom is -0.491 e. The second-order valence-corrected chi connectivity index (χ2v) is 11.7. The zero-order chi connectivity index (χ0) is 27.7. The molecular weight excluding hydrogens is 542 g/mol. The Morgan fingerprint density at radius 3 is 2.59 bits per heavy atom. The second kappa shape index (κ2) is 10.9. The van der Waals surface area contributed by atoms with Crippen LogP contribution in [-0.4, -0.2) is 75.1 Å². The topological polar surface area (TPSA) is 131 Å². The van der Waals surface area contributed by atoms with Gasteiger partial charge in [-0.05, 0) is 48.0 Å². The van der Waals surface area contributed by atoms with Crippen molar-refractivity contribution in [2.24, 2.45) is 5.73 Å². The number of nitrogens with zero attached hydrogens (tertiary/aromatic N) is 3. The minimum atomic E-state index is -4.10. The Labute approximate surface area is 231 Å². The number of ether oxygens (including phenoxy) is 2. The van der Waals surface area contributed by atoms with Crippen LogP contribution in [0.3, 0.4) is 0 Å². The molecule has 0 radical (unpaired) electrons. The van der Waals surface area contributed by atoms with E-state index in [1.807, 2.05) is 61.6 Å². The lowest BCUT2D eigenvalue weighted by Gasteiger charge is -2.32. The van der Waals surface area contributed by atoms with Gasteiger partial charge in [0.1, 0.15) is 34.9 Å². The third-order valence-electron chi connectivity index (χ3n) is 6.49. The Kier molecular flexibility index (Phi) is 7.50. The number of halogens is 1. The fourth-order valence-electron chi connectivity index (χ4n) is 4.48. The highest BCUT2D eigenvalue weighted by atomic mass is 35.5. The predicted octanol–water partition coefficient (Wildman–Crippen LogP) is 3.52. The van der Waals surface area contributed by atoms with Gasteiger partial charge in [-0.2, -0.15) is 4.31 Å². The highest BCUT2D eigenvalue weighted by Crippen LogP contribution is 2.32. The number of nitrogens with two attached hydrogens (primary N) is 1. The van der Waals surface area contributed by atoms with Crippen LogP contribution in [0.15, 0.2) is 65.7 Å². The summed E-state index contributed by atoms with van der Waals surface area (Å²) in [5, 5.41) is 0.650. The number of rotatable bonds is 8. The summed E-state index contributed by atoms with van der Waals surface area (Å²) in [5.74, 6) is 0.631. The number of pyridine rings is 1. The summed E-state index contributed by atoms with van der Waals surface area (Å²) >= 11 is 6.12. The van der Waals surface area contributed by atoms with Crippen LogP contribution in [0.2, 0.25) is 5.02 Å². The van der Waals surface area contributed by atoms with E-state index >= 15 is 0 Å². The Hall–Kier alpha value is -3.64. The van der Waals surface area contributed by atoms with E-state index in [2.05, 4.69) is 9.97 Å². The molecule has 1 aliphatic rings. The van der Waals surface area contributed by atoms with Crippen molar-refractivity contribution >= 4 is 44.3 Å². The van der Waals surface area contributed by atoms with E-state index in [4.69, 9.17) is 26.8 Å². The zero-order valence-corrected chi connectivity index (χ0v) is 23.0. The molecule has 1 saturated heterocycles. The number of sulfonamides is 1. The summed E-state index contributed by atoms with van der Waals surface area (Å²) in [6.07, 6.45) is 1.31. The van der Waals surface area contributed by atoms with Gasteiger partial charge in [0.25, 0.3) is 5.91 Å². The first-order valence-electron chi connectivity index (χ1n) is 12.2. The fourth-order valence-corrected chi connectivity index (χ4v) is 6.44. The molecule has 1 aliphatic heterocycles. The van der Waals surface area contributed by atoms with E-state index in [-0.39, 0.29) is 36.9 Å². The molecule has 10 nitrogen and oxygen atoms in total. The minimum absolute atomic E-state index is 0.0513. The molecule has 3 heterocycles. The van der Waals surface area contributed by atoms with Crippen LogP contribution < -0.4 is 15.4 Å². The van der Waals surface area contributed by atoms with Gasteiger partial charge in [0.05, 0.1) is 6.61 Å². The molecule has 3 N–H and O–H groups in total. The number of morpholine rings is 1. The summed E-state index contributed by atoms with van der Waals surface area (Å²) < 4.78 is 40.4. The maximum absolute atomic E-state index is 13.7. The van der Waals surface area contributed by atoms with Crippen LogP contribution >= 0.6 is 11.6 Å². The molecule has 4 aromatic rings. The molecule has 0 spiro atoms. The SMILES string of the molecule is CN(C)c1ccc(-c2ccc(OCC3CN(S(=O)(=O)c4c(C(N)=O)[nH]c5ccc(Cl)cc45)CCO3)cc2)cn1. The number of carbonyl (C=O) groups excluding carboxylic acids is 1. The Bertz CT molecular complexity index is 1600. The number of aromatic amines is 1. The monoisotopic (exact) mass is 569 g/mol. The number of aromatic nitrogens is 2. The van der Waals surface area contributed by atoms with E-state index in [1.165, 1.54) is 10.4 Å². The Balaban J connectivity index is 1.28. The number of fused-ring (bicyclic) bond motifs is 1. The van der Waals surface area contributed by atoms with Crippen LogP contribution in [-0.2, 0) is 14.8 Å². The first-order valence-corrected chi connectivity index (χ1v) is 14.0. The van der Waals surface area contributed by atoms with Gasteiger partial charge in [-0.1, -0.05) is 23.7 Å². The van der Waals surface area contributed by atoms with Gasteiger partial charge in [0, 0.05) is 54.9 Å². The van der Waals surface area contributed by atoms with Gasteiger partial charge in [0.2, 0.25) is 10.0 Å². The van der Waals surface area contributed by atoms with E-state index in [0.717, 1.165) is 16.9 Å². The van der Waals surface area contributed by atoms with E-state index < -0.39 is 22.0 Å². The first-order chi connectivity index (χ1) is 18.6.